The molecule has 2 rings (SSSR count). The molecule has 1 heterocycles. The summed E-state index contributed by atoms with van der Waals surface area (Å²) in [4.78, 5) is 13.4. The number of amides is 1. The molecule has 1 aliphatic heterocycles. The van der Waals surface area contributed by atoms with E-state index in [-0.39, 0.29) is 12.5 Å². The Bertz CT molecular complexity index is 418. The molecule has 0 saturated carbocycles. The molecule has 0 aliphatic carbocycles. The molecule has 1 amide bonds. The SMILES string of the molecule is CCc1ccc2c(c1)CN(C(=O)CN)CCO2. The van der Waals surface area contributed by atoms with E-state index in [2.05, 4.69) is 19.1 Å². The first-order valence-corrected chi connectivity index (χ1v) is 5.97. The normalized spacial score (nSPS) is 14.8. The van der Waals surface area contributed by atoms with Gasteiger partial charge in [0.25, 0.3) is 0 Å². The molecule has 0 aromatic heterocycles. The molecule has 1 aromatic carbocycles. The third-order valence-electron chi connectivity index (χ3n) is 3.04. The number of hydrogen-bond donors (Lipinski definition) is 1. The Labute approximate surface area is 101 Å². The van der Waals surface area contributed by atoms with Crippen molar-refractivity contribution in [1.29, 1.82) is 0 Å². The van der Waals surface area contributed by atoms with Crippen LogP contribution >= 0.6 is 0 Å². The molecule has 92 valence electrons. The van der Waals surface area contributed by atoms with Gasteiger partial charge in [-0.15, -0.1) is 0 Å². The highest BCUT2D eigenvalue weighted by atomic mass is 16.5. The van der Waals surface area contributed by atoms with Crippen molar-refractivity contribution in [3.63, 3.8) is 0 Å². The number of carbonyl (C=O) groups excluding carboxylic acids is 1. The molecule has 0 unspecified atom stereocenters. The van der Waals surface area contributed by atoms with Crippen molar-refractivity contribution in [1.82, 2.24) is 4.90 Å². The van der Waals surface area contributed by atoms with Gasteiger partial charge in [0.15, 0.2) is 0 Å². The Kier molecular flexibility index (Phi) is 3.64. The zero-order chi connectivity index (χ0) is 12.3. The molecule has 0 atom stereocenters. The minimum atomic E-state index is -0.0247. The van der Waals surface area contributed by atoms with Gasteiger partial charge < -0.3 is 15.4 Å². The molecule has 4 heteroatoms. The van der Waals surface area contributed by atoms with Crippen LogP contribution in [0, 0.1) is 0 Å². The highest BCUT2D eigenvalue weighted by Gasteiger charge is 2.18. The molecule has 4 nitrogen and oxygen atoms in total. The number of nitrogens with zero attached hydrogens (tertiary/aromatic N) is 1. The van der Waals surface area contributed by atoms with E-state index >= 15 is 0 Å². The van der Waals surface area contributed by atoms with Crippen LogP contribution in [0.2, 0.25) is 0 Å². The van der Waals surface area contributed by atoms with E-state index in [1.807, 2.05) is 6.07 Å². The molecule has 0 bridgehead atoms. The summed E-state index contributed by atoms with van der Waals surface area (Å²) in [5, 5.41) is 0. The smallest absolute Gasteiger partial charge is 0.236 e. The largest absolute Gasteiger partial charge is 0.491 e. The second kappa shape index (κ2) is 5.19. The molecular formula is C13H18N2O2. The maximum atomic E-state index is 11.6. The zero-order valence-electron chi connectivity index (χ0n) is 10.1. The van der Waals surface area contributed by atoms with Crippen molar-refractivity contribution in [2.24, 2.45) is 5.73 Å². The standard InChI is InChI=1S/C13H18N2O2/c1-2-10-3-4-12-11(7-10)9-15(5-6-17-12)13(16)8-14/h3-4,7H,2,5-6,8-9,14H2,1H3. The Morgan fingerprint density at radius 3 is 3.06 bits per heavy atom. The van der Waals surface area contributed by atoms with Crippen LogP contribution in [0.1, 0.15) is 18.1 Å². The average molecular weight is 234 g/mol. The van der Waals surface area contributed by atoms with Crippen LogP contribution in [0.15, 0.2) is 18.2 Å². The van der Waals surface area contributed by atoms with Crippen LogP contribution in [0.25, 0.3) is 0 Å². The van der Waals surface area contributed by atoms with Crippen molar-refractivity contribution in [3.05, 3.63) is 29.3 Å². The van der Waals surface area contributed by atoms with Crippen molar-refractivity contribution in [2.45, 2.75) is 19.9 Å². The molecule has 17 heavy (non-hydrogen) atoms. The summed E-state index contributed by atoms with van der Waals surface area (Å²) in [6.45, 7) is 3.90. The number of fused-ring (bicyclic) bond motifs is 1. The van der Waals surface area contributed by atoms with E-state index < -0.39 is 0 Å². The van der Waals surface area contributed by atoms with Crippen LogP contribution in [-0.4, -0.2) is 30.5 Å². The van der Waals surface area contributed by atoms with E-state index in [9.17, 15) is 4.79 Å². The van der Waals surface area contributed by atoms with E-state index in [1.54, 1.807) is 4.90 Å². The summed E-state index contributed by atoms with van der Waals surface area (Å²) >= 11 is 0. The summed E-state index contributed by atoms with van der Waals surface area (Å²) in [5.74, 6) is 0.859. The van der Waals surface area contributed by atoms with Crippen molar-refractivity contribution >= 4 is 5.91 Å². The fourth-order valence-electron chi connectivity index (χ4n) is 2.01. The lowest BCUT2D eigenvalue weighted by atomic mass is 10.1. The lowest BCUT2D eigenvalue weighted by Gasteiger charge is -2.18. The molecule has 0 fully saturated rings. The van der Waals surface area contributed by atoms with Gasteiger partial charge in [0.2, 0.25) is 5.91 Å². The van der Waals surface area contributed by atoms with E-state index in [1.165, 1.54) is 5.56 Å². The first-order chi connectivity index (χ1) is 8.24. The second-order valence-corrected chi connectivity index (χ2v) is 4.16. The van der Waals surface area contributed by atoms with Gasteiger partial charge in [-0.2, -0.15) is 0 Å². The molecule has 1 aliphatic rings. The van der Waals surface area contributed by atoms with Gasteiger partial charge in [-0.05, 0) is 18.1 Å². The third kappa shape index (κ3) is 2.58. The predicted molar refractivity (Wildman–Crippen MR) is 65.8 cm³/mol. The Hall–Kier alpha value is -1.55. The fourth-order valence-corrected chi connectivity index (χ4v) is 2.01. The van der Waals surface area contributed by atoms with Gasteiger partial charge in [-0.25, -0.2) is 0 Å². The van der Waals surface area contributed by atoms with Gasteiger partial charge in [0.1, 0.15) is 12.4 Å². The number of aryl methyl sites for hydroxylation is 1. The van der Waals surface area contributed by atoms with Crippen molar-refractivity contribution in [3.8, 4) is 5.75 Å². The number of benzene rings is 1. The molecule has 1 aromatic rings. The number of ether oxygens (including phenoxy) is 1. The molecule has 0 saturated heterocycles. The van der Waals surface area contributed by atoms with E-state index in [4.69, 9.17) is 10.5 Å². The Morgan fingerprint density at radius 1 is 1.53 bits per heavy atom. The summed E-state index contributed by atoms with van der Waals surface area (Å²) in [5.41, 5.74) is 7.73. The van der Waals surface area contributed by atoms with E-state index in [0.717, 1.165) is 17.7 Å². The topological polar surface area (TPSA) is 55.6 Å². The van der Waals surface area contributed by atoms with Crippen LogP contribution in [0.4, 0.5) is 0 Å². The highest BCUT2D eigenvalue weighted by molar-refractivity contribution is 5.78. The van der Waals surface area contributed by atoms with Crippen LogP contribution in [0.3, 0.4) is 0 Å². The van der Waals surface area contributed by atoms with Crippen LogP contribution in [0.5, 0.6) is 5.75 Å². The number of nitrogens with two attached hydrogens (primary N) is 1. The summed E-state index contributed by atoms with van der Waals surface area (Å²) in [7, 11) is 0. The maximum Gasteiger partial charge on any atom is 0.236 e. The first kappa shape index (κ1) is 11.9. The third-order valence-corrected chi connectivity index (χ3v) is 3.04. The minimum Gasteiger partial charge on any atom is -0.491 e. The Balaban J connectivity index is 2.25. The molecule has 0 spiro atoms. The summed E-state index contributed by atoms with van der Waals surface area (Å²) in [6, 6.07) is 6.17. The second-order valence-electron chi connectivity index (χ2n) is 4.16. The van der Waals surface area contributed by atoms with Gasteiger partial charge in [-0.3, -0.25) is 4.79 Å². The number of hydrogen-bond acceptors (Lipinski definition) is 3. The van der Waals surface area contributed by atoms with Gasteiger partial charge in [0, 0.05) is 12.1 Å². The monoisotopic (exact) mass is 234 g/mol. The van der Waals surface area contributed by atoms with Gasteiger partial charge in [-0.1, -0.05) is 19.1 Å². The number of rotatable bonds is 2. The van der Waals surface area contributed by atoms with Crippen LogP contribution in [-0.2, 0) is 17.8 Å². The number of carbonyl (C=O) groups is 1. The van der Waals surface area contributed by atoms with Crippen molar-refractivity contribution < 1.29 is 9.53 Å². The summed E-state index contributed by atoms with van der Waals surface area (Å²) < 4.78 is 5.64. The Morgan fingerprint density at radius 2 is 2.35 bits per heavy atom. The average Bonchev–Trinajstić information content (AvgIpc) is 2.58. The lowest BCUT2D eigenvalue weighted by Crippen LogP contribution is -2.36. The molecule has 0 radical (unpaired) electrons. The molecule has 2 N–H and O–H groups in total. The predicted octanol–water partition coefficient (Wildman–Crippen LogP) is 0.929. The minimum absolute atomic E-state index is 0.0247. The van der Waals surface area contributed by atoms with Gasteiger partial charge in [0.05, 0.1) is 13.1 Å². The summed E-state index contributed by atoms with van der Waals surface area (Å²) in [6.07, 6.45) is 0.984. The fraction of sp³-hybridized carbons (Fsp3) is 0.462. The lowest BCUT2D eigenvalue weighted by molar-refractivity contribution is -0.130. The van der Waals surface area contributed by atoms with E-state index in [0.29, 0.717) is 19.7 Å². The molecular weight excluding hydrogens is 216 g/mol. The first-order valence-electron chi connectivity index (χ1n) is 5.97. The zero-order valence-corrected chi connectivity index (χ0v) is 10.1. The maximum absolute atomic E-state index is 11.6. The van der Waals surface area contributed by atoms with Crippen molar-refractivity contribution in [2.75, 3.05) is 19.7 Å². The van der Waals surface area contributed by atoms with Crippen LogP contribution < -0.4 is 10.5 Å². The highest BCUT2D eigenvalue weighted by Crippen LogP contribution is 2.24. The quantitative estimate of drug-likeness (QED) is 0.828. The van der Waals surface area contributed by atoms with Gasteiger partial charge >= 0.3 is 0 Å².